The van der Waals surface area contributed by atoms with Gasteiger partial charge < -0.3 is 9.47 Å². The minimum absolute atomic E-state index is 0.279. The van der Waals surface area contributed by atoms with Crippen molar-refractivity contribution in [2.45, 2.75) is 63.1 Å². The third-order valence-electron chi connectivity index (χ3n) is 4.35. The van der Waals surface area contributed by atoms with Gasteiger partial charge in [-0.15, -0.1) is 0 Å². The van der Waals surface area contributed by atoms with Gasteiger partial charge in [-0.25, -0.2) is 9.78 Å². The lowest BCUT2D eigenvalue weighted by Crippen LogP contribution is -2.59. The van der Waals surface area contributed by atoms with Crippen LogP contribution in [0.2, 0.25) is 0 Å². The quantitative estimate of drug-likeness (QED) is 0.646. The molecule has 1 spiro atoms. The summed E-state index contributed by atoms with van der Waals surface area (Å²) in [5.74, 6) is -0.112. The van der Waals surface area contributed by atoms with E-state index in [1.165, 1.54) is 19.3 Å². The molecule has 1 aliphatic carbocycles. The van der Waals surface area contributed by atoms with Crippen LogP contribution in [0, 0.1) is 5.92 Å². The van der Waals surface area contributed by atoms with Crippen LogP contribution in [0.25, 0.3) is 0 Å². The molecule has 16 heavy (non-hydrogen) atoms. The molecule has 92 valence electrons. The zero-order chi connectivity index (χ0) is 11.2. The zero-order valence-corrected chi connectivity index (χ0v) is 10.0. The van der Waals surface area contributed by atoms with Crippen molar-refractivity contribution in [1.29, 1.82) is 0 Å². The Morgan fingerprint density at radius 2 is 2.00 bits per heavy atom. The first-order valence-corrected chi connectivity index (χ1v) is 6.26. The van der Waals surface area contributed by atoms with Crippen molar-refractivity contribution in [2.24, 2.45) is 5.92 Å². The number of hydrogen-bond acceptors (Lipinski definition) is 4. The van der Waals surface area contributed by atoms with Crippen LogP contribution in [-0.4, -0.2) is 24.8 Å². The van der Waals surface area contributed by atoms with E-state index in [2.05, 4.69) is 0 Å². The van der Waals surface area contributed by atoms with Gasteiger partial charge in [-0.2, -0.15) is 0 Å². The van der Waals surface area contributed by atoms with Gasteiger partial charge in [-0.3, -0.25) is 0 Å². The topological polar surface area (TPSA) is 36.9 Å². The second-order valence-corrected chi connectivity index (χ2v) is 5.42. The normalized spacial score (nSPS) is 52.1. The molecule has 4 heteroatoms. The second kappa shape index (κ2) is 3.67. The van der Waals surface area contributed by atoms with Crippen molar-refractivity contribution in [1.82, 2.24) is 0 Å². The number of hydrogen-bond donors (Lipinski definition) is 0. The van der Waals surface area contributed by atoms with E-state index >= 15 is 0 Å². The largest absolute Gasteiger partial charge is 0.353 e. The SMILES string of the molecule is CO[C@@H]1O[C@]2(C)CC[C@H]3CCCC[C@]31OO2. The van der Waals surface area contributed by atoms with Crippen molar-refractivity contribution in [3.8, 4) is 0 Å². The molecule has 4 nitrogen and oxygen atoms in total. The van der Waals surface area contributed by atoms with Crippen LogP contribution in [-0.2, 0) is 19.2 Å². The molecule has 3 aliphatic heterocycles. The Hall–Kier alpha value is -0.160. The van der Waals surface area contributed by atoms with Crippen LogP contribution in [0.4, 0.5) is 0 Å². The predicted molar refractivity (Wildman–Crippen MR) is 56.4 cm³/mol. The van der Waals surface area contributed by atoms with Gasteiger partial charge in [0.1, 0.15) is 0 Å². The molecule has 2 bridgehead atoms. The van der Waals surface area contributed by atoms with Gasteiger partial charge in [0.25, 0.3) is 0 Å². The van der Waals surface area contributed by atoms with E-state index in [0.717, 1.165) is 19.3 Å². The third kappa shape index (κ3) is 1.44. The van der Waals surface area contributed by atoms with Gasteiger partial charge in [-0.05, 0) is 32.1 Å². The highest BCUT2D eigenvalue weighted by atomic mass is 17.3. The summed E-state index contributed by atoms with van der Waals surface area (Å²) >= 11 is 0. The molecular weight excluding hydrogens is 208 g/mol. The van der Waals surface area contributed by atoms with E-state index < -0.39 is 5.79 Å². The maximum absolute atomic E-state index is 5.94. The fraction of sp³-hybridized carbons (Fsp3) is 1.00. The lowest BCUT2D eigenvalue weighted by molar-refractivity contribution is -0.547. The molecule has 4 atom stereocenters. The van der Waals surface area contributed by atoms with E-state index in [9.17, 15) is 0 Å². The Morgan fingerprint density at radius 3 is 2.81 bits per heavy atom. The van der Waals surface area contributed by atoms with E-state index in [4.69, 9.17) is 19.2 Å². The molecular formula is C12H20O4. The second-order valence-electron chi connectivity index (χ2n) is 5.42. The third-order valence-corrected chi connectivity index (χ3v) is 4.35. The van der Waals surface area contributed by atoms with Gasteiger partial charge in [0.05, 0.1) is 0 Å². The Morgan fingerprint density at radius 1 is 1.12 bits per heavy atom. The van der Waals surface area contributed by atoms with Crippen molar-refractivity contribution in [3.63, 3.8) is 0 Å². The summed E-state index contributed by atoms with van der Waals surface area (Å²) < 4.78 is 11.4. The van der Waals surface area contributed by atoms with Gasteiger partial charge in [-0.1, -0.05) is 12.8 Å². The van der Waals surface area contributed by atoms with Crippen LogP contribution >= 0.6 is 0 Å². The molecule has 0 unspecified atom stereocenters. The highest BCUT2D eigenvalue weighted by Gasteiger charge is 2.59. The summed E-state index contributed by atoms with van der Waals surface area (Å²) in [6, 6.07) is 0. The molecule has 4 aliphatic rings. The highest BCUT2D eigenvalue weighted by molar-refractivity contribution is 4.99. The molecule has 4 fully saturated rings. The molecule has 0 radical (unpaired) electrons. The first-order valence-electron chi connectivity index (χ1n) is 6.26. The summed E-state index contributed by atoms with van der Waals surface area (Å²) in [4.78, 5) is 11.2. The van der Waals surface area contributed by atoms with Gasteiger partial charge in [0.15, 0.2) is 11.9 Å². The molecule has 0 aromatic rings. The minimum Gasteiger partial charge on any atom is -0.353 e. The maximum atomic E-state index is 5.94. The molecule has 0 N–H and O–H groups in total. The Kier molecular flexibility index (Phi) is 2.51. The van der Waals surface area contributed by atoms with E-state index in [1.54, 1.807) is 7.11 Å². The molecule has 4 rings (SSSR count). The predicted octanol–water partition coefficient (Wildman–Crippen LogP) is 2.38. The molecule has 3 heterocycles. The summed E-state index contributed by atoms with van der Waals surface area (Å²) in [6.45, 7) is 1.93. The van der Waals surface area contributed by atoms with E-state index in [1.807, 2.05) is 6.92 Å². The summed E-state index contributed by atoms with van der Waals surface area (Å²) in [5, 5.41) is 0. The van der Waals surface area contributed by atoms with E-state index in [-0.39, 0.29) is 11.9 Å². The van der Waals surface area contributed by atoms with Crippen LogP contribution < -0.4 is 0 Å². The molecule has 0 aromatic heterocycles. The summed E-state index contributed by atoms with van der Waals surface area (Å²) in [6.07, 6.45) is 6.34. The average molecular weight is 228 g/mol. The molecule has 0 amide bonds. The molecule has 3 saturated heterocycles. The van der Waals surface area contributed by atoms with Crippen LogP contribution in [0.5, 0.6) is 0 Å². The fourth-order valence-corrected chi connectivity index (χ4v) is 3.38. The fourth-order valence-electron chi connectivity index (χ4n) is 3.38. The van der Waals surface area contributed by atoms with E-state index in [0.29, 0.717) is 5.92 Å². The minimum atomic E-state index is -0.622. The number of rotatable bonds is 1. The van der Waals surface area contributed by atoms with Gasteiger partial charge in [0, 0.05) is 13.5 Å². The smallest absolute Gasteiger partial charge is 0.201 e. The van der Waals surface area contributed by atoms with Gasteiger partial charge in [0.2, 0.25) is 5.79 Å². The lowest BCUT2D eigenvalue weighted by Gasteiger charge is -2.48. The van der Waals surface area contributed by atoms with Crippen molar-refractivity contribution in [3.05, 3.63) is 0 Å². The number of fused-ring (bicyclic) bond motifs is 3. The van der Waals surface area contributed by atoms with Crippen molar-refractivity contribution in [2.75, 3.05) is 7.11 Å². The number of ether oxygens (including phenoxy) is 2. The summed E-state index contributed by atoms with van der Waals surface area (Å²) in [5.41, 5.74) is -0.358. The Balaban J connectivity index is 1.96. The van der Waals surface area contributed by atoms with Crippen molar-refractivity contribution < 1.29 is 19.2 Å². The van der Waals surface area contributed by atoms with Gasteiger partial charge >= 0.3 is 0 Å². The first kappa shape index (κ1) is 11.0. The Labute approximate surface area is 96.1 Å². The monoisotopic (exact) mass is 228 g/mol. The standard InChI is InChI=1S/C12H20O4/c1-11-8-6-9-5-3-4-7-12(9,16-15-11)10(13-2)14-11/h9-10H,3-8H2,1-2H3/t9-,10-,11+,12+/m1/s1. The molecule has 0 aromatic carbocycles. The van der Waals surface area contributed by atoms with Crippen LogP contribution in [0.3, 0.4) is 0 Å². The van der Waals surface area contributed by atoms with Crippen LogP contribution in [0.15, 0.2) is 0 Å². The van der Waals surface area contributed by atoms with Crippen LogP contribution in [0.1, 0.15) is 45.4 Å². The maximum Gasteiger partial charge on any atom is 0.201 e. The Bertz CT molecular complexity index is 278. The first-order chi connectivity index (χ1) is 7.69. The number of methoxy groups -OCH3 is 1. The van der Waals surface area contributed by atoms with Crippen molar-refractivity contribution >= 4 is 0 Å². The molecule has 1 saturated carbocycles. The lowest BCUT2D eigenvalue weighted by atomic mass is 9.73. The average Bonchev–Trinajstić information content (AvgIpc) is 2.53. The summed E-state index contributed by atoms with van der Waals surface area (Å²) in [7, 11) is 1.69. The zero-order valence-electron chi connectivity index (χ0n) is 10.0. The highest BCUT2D eigenvalue weighted by Crippen LogP contribution is 2.51.